The van der Waals surface area contributed by atoms with Crippen LogP contribution in [0.1, 0.15) is 5.69 Å². The lowest BCUT2D eigenvalue weighted by Gasteiger charge is -2.11. The highest BCUT2D eigenvalue weighted by Gasteiger charge is 2.21. The molecular weight excluding hydrogens is 248 g/mol. The van der Waals surface area contributed by atoms with Gasteiger partial charge in [-0.3, -0.25) is 4.98 Å². The number of amides is 1. The molecule has 100 valence electrons. The summed E-state index contributed by atoms with van der Waals surface area (Å²) >= 11 is 0. The van der Waals surface area contributed by atoms with Gasteiger partial charge in [0, 0.05) is 12.3 Å². The molecule has 0 bridgehead atoms. The van der Waals surface area contributed by atoms with Crippen LogP contribution in [0.4, 0.5) is 4.79 Å². The Morgan fingerprint density at radius 3 is 3.11 bits per heavy atom. The summed E-state index contributed by atoms with van der Waals surface area (Å²) in [6.45, 7) is 1.44. The topological polar surface area (TPSA) is 68.7 Å². The monoisotopic (exact) mass is 262 g/mol. The van der Waals surface area contributed by atoms with E-state index in [9.17, 15) is 9.59 Å². The summed E-state index contributed by atoms with van der Waals surface area (Å²) in [5, 5.41) is 0. The van der Waals surface area contributed by atoms with Gasteiger partial charge in [-0.2, -0.15) is 0 Å². The van der Waals surface area contributed by atoms with Crippen molar-refractivity contribution in [2.24, 2.45) is 0 Å². The summed E-state index contributed by atoms with van der Waals surface area (Å²) in [5.74, 6) is -0.460. The second kappa shape index (κ2) is 6.53. The highest BCUT2D eigenvalue weighted by molar-refractivity contribution is 5.86. The predicted octanol–water partition coefficient (Wildman–Crippen LogP) is 1.09. The van der Waals surface area contributed by atoms with Crippen LogP contribution in [0.25, 0.3) is 6.08 Å². The van der Waals surface area contributed by atoms with E-state index in [0.717, 1.165) is 0 Å². The molecule has 1 amide bonds. The third kappa shape index (κ3) is 4.09. The molecule has 0 aromatic carbocycles. The van der Waals surface area contributed by atoms with Gasteiger partial charge in [0.25, 0.3) is 0 Å². The van der Waals surface area contributed by atoms with Crippen molar-refractivity contribution in [1.29, 1.82) is 0 Å². The van der Waals surface area contributed by atoms with E-state index in [0.29, 0.717) is 25.4 Å². The second-order valence-corrected chi connectivity index (χ2v) is 3.86. The standard InChI is InChI=1S/C13H14N2O4/c16-12(5-4-11-3-1-2-6-14-11)18-9-7-15-8-10-19-13(15)17/h1-6H,7-10H2. The van der Waals surface area contributed by atoms with Crippen LogP contribution in [0, 0.1) is 0 Å². The minimum absolute atomic E-state index is 0.153. The molecule has 0 atom stereocenters. The van der Waals surface area contributed by atoms with Crippen molar-refractivity contribution < 1.29 is 19.1 Å². The maximum absolute atomic E-state index is 11.4. The Balaban J connectivity index is 1.70. The van der Waals surface area contributed by atoms with E-state index in [1.54, 1.807) is 24.4 Å². The maximum Gasteiger partial charge on any atom is 0.410 e. The molecule has 1 fully saturated rings. The predicted molar refractivity (Wildman–Crippen MR) is 67.2 cm³/mol. The fourth-order valence-electron chi connectivity index (χ4n) is 1.56. The lowest BCUT2D eigenvalue weighted by Crippen LogP contribution is -2.28. The van der Waals surface area contributed by atoms with Gasteiger partial charge < -0.3 is 14.4 Å². The van der Waals surface area contributed by atoms with E-state index >= 15 is 0 Å². The molecule has 2 rings (SSSR count). The highest BCUT2D eigenvalue weighted by Crippen LogP contribution is 2.02. The van der Waals surface area contributed by atoms with Crippen LogP contribution in [-0.4, -0.2) is 48.2 Å². The molecule has 1 saturated heterocycles. The zero-order valence-electron chi connectivity index (χ0n) is 10.3. The van der Waals surface area contributed by atoms with Crippen molar-refractivity contribution >= 4 is 18.1 Å². The van der Waals surface area contributed by atoms with E-state index in [4.69, 9.17) is 9.47 Å². The van der Waals surface area contributed by atoms with Gasteiger partial charge in [-0.1, -0.05) is 6.07 Å². The molecule has 0 saturated carbocycles. The average Bonchev–Trinajstić information content (AvgIpc) is 2.83. The molecule has 0 radical (unpaired) electrons. The first-order valence-electron chi connectivity index (χ1n) is 5.93. The van der Waals surface area contributed by atoms with E-state index in [2.05, 4.69) is 4.98 Å². The quantitative estimate of drug-likeness (QED) is 0.587. The first kappa shape index (κ1) is 13.1. The number of rotatable bonds is 5. The van der Waals surface area contributed by atoms with Crippen molar-refractivity contribution in [1.82, 2.24) is 9.88 Å². The van der Waals surface area contributed by atoms with Gasteiger partial charge in [0.15, 0.2) is 0 Å². The van der Waals surface area contributed by atoms with E-state index in [1.165, 1.54) is 11.0 Å². The van der Waals surface area contributed by atoms with Gasteiger partial charge in [-0.05, 0) is 18.2 Å². The number of carbonyl (C=O) groups excluding carboxylic acids is 2. The Morgan fingerprint density at radius 2 is 2.42 bits per heavy atom. The number of pyridine rings is 1. The number of cyclic esters (lactones) is 1. The third-order valence-corrected chi connectivity index (χ3v) is 2.53. The molecule has 1 aliphatic rings. The molecular formula is C13H14N2O4. The number of nitrogens with zero attached hydrogens (tertiary/aromatic N) is 2. The zero-order valence-corrected chi connectivity index (χ0v) is 10.3. The van der Waals surface area contributed by atoms with Gasteiger partial charge in [-0.15, -0.1) is 0 Å². The molecule has 1 aromatic rings. The fraction of sp³-hybridized carbons (Fsp3) is 0.308. The molecule has 1 aliphatic heterocycles. The Bertz CT molecular complexity index is 473. The molecule has 0 spiro atoms. The molecule has 1 aromatic heterocycles. The van der Waals surface area contributed by atoms with E-state index in [-0.39, 0.29) is 12.7 Å². The molecule has 0 aliphatic carbocycles. The normalized spacial score (nSPS) is 14.7. The first-order valence-corrected chi connectivity index (χ1v) is 5.93. The largest absolute Gasteiger partial charge is 0.461 e. The van der Waals surface area contributed by atoms with Gasteiger partial charge in [0.1, 0.15) is 13.2 Å². The first-order chi connectivity index (χ1) is 9.25. The minimum atomic E-state index is -0.460. The number of hydrogen-bond donors (Lipinski definition) is 0. The summed E-state index contributed by atoms with van der Waals surface area (Å²) in [4.78, 5) is 28.0. The fourth-order valence-corrected chi connectivity index (χ4v) is 1.56. The van der Waals surface area contributed by atoms with E-state index < -0.39 is 5.97 Å². The number of ether oxygens (including phenoxy) is 2. The van der Waals surface area contributed by atoms with Gasteiger partial charge in [0.2, 0.25) is 0 Å². The van der Waals surface area contributed by atoms with Gasteiger partial charge >= 0.3 is 12.1 Å². The summed E-state index contributed by atoms with van der Waals surface area (Å²) < 4.78 is 9.72. The summed E-state index contributed by atoms with van der Waals surface area (Å²) in [5.41, 5.74) is 0.683. The number of hydrogen-bond acceptors (Lipinski definition) is 5. The SMILES string of the molecule is O=C(C=Cc1ccccn1)OCCN1CCOC1=O. The van der Waals surface area contributed by atoms with Gasteiger partial charge in [-0.25, -0.2) is 9.59 Å². The number of aromatic nitrogens is 1. The summed E-state index contributed by atoms with van der Waals surface area (Å²) in [6.07, 6.45) is 4.17. The minimum Gasteiger partial charge on any atom is -0.461 e. The Morgan fingerprint density at radius 1 is 1.53 bits per heavy atom. The van der Waals surface area contributed by atoms with Crippen LogP contribution >= 0.6 is 0 Å². The van der Waals surface area contributed by atoms with Crippen LogP contribution in [0.3, 0.4) is 0 Å². The highest BCUT2D eigenvalue weighted by atomic mass is 16.6. The van der Waals surface area contributed by atoms with Crippen LogP contribution < -0.4 is 0 Å². The summed E-state index contributed by atoms with van der Waals surface area (Å²) in [6, 6.07) is 5.41. The van der Waals surface area contributed by atoms with Crippen molar-refractivity contribution in [2.45, 2.75) is 0 Å². The maximum atomic E-state index is 11.4. The molecule has 6 nitrogen and oxygen atoms in total. The smallest absolute Gasteiger partial charge is 0.410 e. The number of esters is 1. The van der Waals surface area contributed by atoms with Crippen molar-refractivity contribution in [3.8, 4) is 0 Å². The van der Waals surface area contributed by atoms with E-state index in [1.807, 2.05) is 6.07 Å². The van der Waals surface area contributed by atoms with Gasteiger partial charge in [0.05, 0.1) is 18.8 Å². The Labute approximate surface area is 110 Å². The summed E-state index contributed by atoms with van der Waals surface area (Å²) in [7, 11) is 0. The van der Waals surface area contributed by atoms with Crippen LogP contribution in [0.5, 0.6) is 0 Å². The molecule has 0 N–H and O–H groups in total. The third-order valence-electron chi connectivity index (χ3n) is 2.53. The average molecular weight is 262 g/mol. The van der Waals surface area contributed by atoms with Crippen molar-refractivity contribution in [3.63, 3.8) is 0 Å². The van der Waals surface area contributed by atoms with Crippen LogP contribution in [-0.2, 0) is 14.3 Å². The second-order valence-electron chi connectivity index (χ2n) is 3.86. The van der Waals surface area contributed by atoms with Crippen LogP contribution in [0.2, 0.25) is 0 Å². The van der Waals surface area contributed by atoms with Crippen LogP contribution in [0.15, 0.2) is 30.5 Å². The Hall–Kier alpha value is -2.37. The molecule has 2 heterocycles. The Kier molecular flexibility index (Phi) is 4.49. The van der Waals surface area contributed by atoms with Crippen molar-refractivity contribution in [3.05, 3.63) is 36.2 Å². The molecule has 6 heteroatoms. The zero-order chi connectivity index (χ0) is 13.5. The molecule has 0 unspecified atom stereocenters. The molecule has 19 heavy (non-hydrogen) atoms. The number of carbonyl (C=O) groups is 2. The van der Waals surface area contributed by atoms with Crippen molar-refractivity contribution in [2.75, 3.05) is 26.3 Å². The lowest BCUT2D eigenvalue weighted by atomic mass is 10.3. The lowest BCUT2D eigenvalue weighted by molar-refractivity contribution is -0.137.